The lowest BCUT2D eigenvalue weighted by Gasteiger charge is -2.43. The van der Waals surface area contributed by atoms with Crippen molar-refractivity contribution in [2.45, 2.75) is 37.3 Å². The van der Waals surface area contributed by atoms with Gasteiger partial charge in [0, 0.05) is 23.5 Å². The molecule has 0 radical (unpaired) electrons. The number of hydrogen-bond acceptors (Lipinski definition) is 3. The molecular weight excluding hydrogens is 368 g/mol. The van der Waals surface area contributed by atoms with Gasteiger partial charge in [0.15, 0.2) is 0 Å². The van der Waals surface area contributed by atoms with Crippen LogP contribution in [0.4, 0.5) is 0 Å². The number of rotatable bonds is 4. The van der Waals surface area contributed by atoms with Crippen LogP contribution in [0.3, 0.4) is 0 Å². The maximum Gasteiger partial charge on any atom is 0.222 e. The van der Waals surface area contributed by atoms with Crippen molar-refractivity contribution >= 4 is 34.2 Å². The van der Waals surface area contributed by atoms with Crippen molar-refractivity contribution in [1.29, 1.82) is 0 Å². The second-order valence-electron chi connectivity index (χ2n) is 5.92. The van der Waals surface area contributed by atoms with E-state index in [0.717, 1.165) is 30.5 Å². The summed E-state index contributed by atoms with van der Waals surface area (Å²) in [4.78, 5) is 12.3. The molecule has 1 aromatic rings. The predicted octanol–water partition coefficient (Wildman–Crippen LogP) is 2.74. The fourth-order valence-electron chi connectivity index (χ4n) is 3.08. The first-order valence-electron chi connectivity index (χ1n) is 7.56. The SMILES string of the molecule is Cl.O=C(CC1COCCN1)NC1(c2ccc(Br)cc2)CCC1. The summed E-state index contributed by atoms with van der Waals surface area (Å²) in [6.07, 6.45) is 3.70. The smallest absolute Gasteiger partial charge is 0.222 e. The van der Waals surface area contributed by atoms with E-state index in [1.165, 1.54) is 12.0 Å². The van der Waals surface area contributed by atoms with Crippen LogP contribution in [0, 0.1) is 0 Å². The summed E-state index contributed by atoms with van der Waals surface area (Å²) in [7, 11) is 0. The van der Waals surface area contributed by atoms with Crippen molar-refractivity contribution in [3.05, 3.63) is 34.3 Å². The lowest BCUT2D eigenvalue weighted by Crippen LogP contribution is -2.53. The Bertz CT molecular complexity index is 499. The van der Waals surface area contributed by atoms with Gasteiger partial charge in [0.25, 0.3) is 0 Å². The number of nitrogens with one attached hydrogen (secondary N) is 2. The zero-order valence-electron chi connectivity index (χ0n) is 12.4. The van der Waals surface area contributed by atoms with Crippen molar-refractivity contribution in [2.75, 3.05) is 19.8 Å². The van der Waals surface area contributed by atoms with Gasteiger partial charge in [0.05, 0.1) is 18.8 Å². The van der Waals surface area contributed by atoms with Gasteiger partial charge in [-0.25, -0.2) is 0 Å². The molecule has 1 unspecified atom stereocenters. The van der Waals surface area contributed by atoms with Crippen LogP contribution in [0.5, 0.6) is 0 Å². The van der Waals surface area contributed by atoms with Crippen LogP contribution in [-0.2, 0) is 15.1 Å². The number of ether oxygens (including phenoxy) is 1. The van der Waals surface area contributed by atoms with Gasteiger partial charge in [-0.05, 0) is 37.0 Å². The summed E-state index contributed by atoms with van der Waals surface area (Å²) in [6.45, 7) is 2.19. The zero-order chi connectivity index (χ0) is 14.7. The second-order valence-corrected chi connectivity index (χ2v) is 6.84. The minimum Gasteiger partial charge on any atom is -0.378 e. The van der Waals surface area contributed by atoms with Crippen molar-refractivity contribution in [1.82, 2.24) is 10.6 Å². The third-order valence-corrected chi connectivity index (χ3v) is 4.94. The van der Waals surface area contributed by atoms with Gasteiger partial charge in [-0.3, -0.25) is 4.79 Å². The molecule has 4 nitrogen and oxygen atoms in total. The fraction of sp³-hybridized carbons (Fsp3) is 0.562. The van der Waals surface area contributed by atoms with Crippen LogP contribution < -0.4 is 10.6 Å². The zero-order valence-corrected chi connectivity index (χ0v) is 14.8. The van der Waals surface area contributed by atoms with Crippen LogP contribution in [0.1, 0.15) is 31.2 Å². The topological polar surface area (TPSA) is 50.4 Å². The minimum atomic E-state index is -0.159. The van der Waals surface area contributed by atoms with Crippen LogP contribution >= 0.6 is 28.3 Å². The Balaban J connectivity index is 0.00000176. The Morgan fingerprint density at radius 2 is 2.09 bits per heavy atom. The fourth-order valence-corrected chi connectivity index (χ4v) is 3.34. The van der Waals surface area contributed by atoms with E-state index in [4.69, 9.17) is 4.74 Å². The third kappa shape index (κ3) is 4.02. The summed E-state index contributed by atoms with van der Waals surface area (Å²) in [6, 6.07) is 8.42. The number of carbonyl (C=O) groups is 1. The van der Waals surface area contributed by atoms with E-state index in [-0.39, 0.29) is 29.9 Å². The van der Waals surface area contributed by atoms with E-state index in [9.17, 15) is 4.79 Å². The molecule has 1 amide bonds. The highest BCUT2D eigenvalue weighted by Gasteiger charge is 2.40. The molecular formula is C16H22BrClN2O2. The minimum absolute atomic E-state index is 0. The van der Waals surface area contributed by atoms with E-state index in [2.05, 4.69) is 38.7 Å². The van der Waals surface area contributed by atoms with Gasteiger partial charge >= 0.3 is 0 Å². The number of benzene rings is 1. The molecule has 0 aromatic heterocycles. The maximum absolute atomic E-state index is 12.3. The van der Waals surface area contributed by atoms with Crippen molar-refractivity contribution in [2.24, 2.45) is 0 Å². The summed E-state index contributed by atoms with van der Waals surface area (Å²) in [5, 5.41) is 6.59. The lowest BCUT2D eigenvalue weighted by atomic mass is 9.71. The van der Waals surface area contributed by atoms with Crippen LogP contribution in [0.15, 0.2) is 28.7 Å². The van der Waals surface area contributed by atoms with E-state index in [0.29, 0.717) is 13.0 Å². The van der Waals surface area contributed by atoms with E-state index < -0.39 is 0 Å². The molecule has 1 aliphatic heterocycles. The van der Waals surface area contributed by atoms with Gasteiger partial charge in [-0.1, -0.05) is 28.1 Å². The van der Waals surface area contributed by atoms with Gasteiger partial charge in [-0.2, -0.15) is 0 Å². The summed E-state index contributed by atoms with van der Waals surface area (Å²) in [5.41, 5.74) is 1.05. The standard InChI is InChI=1S/C16H21BrN2O2.ClH/c17-13-4-2-12(3-5-13)16(6-1-7-16)19-15(20)10-14-11-21-9-8-18-14;/h2-5,14,18H,1,6-11H2,(H,19,20);1H. The lowest BCUT2D eigenvalue weighted by molar-refractivity contribution is -0.125. The molecule has 1 atom stereocenters. The number of halogens is 2. The van der Waals surface area contributed by atoms with E-state index in [1.807, 2.05) is 12.1 Å². The molecule has 2 aliphatic rings. The normalized spacial score (nSPS) is 23.0. The van der Waals surface area contributed by atoms with Gasteiger partial charge in [-0.15, -0.1) is 12.4 Å². The molecule has 2 N–H and O–H groups in total. The Labute approximate surface area is 145 Å². The highest BCUT2D eigenvalue weighted by molar-refractivity contribution is 9.10. The third-order valence-electron chi connectivity index (χ3n) is 4.41. The van der Waals surface area contributed by atoms with Gasteiger partial charge < -0.3 is 15.4 Å². The van der Waals surface area contributed by atoms with Crippen molar-refractivity contribution < 1.29 is 9.53 Å². The molecule has 1 aliphatic carbocycles. The largest absolute Gasteiger partial charge is 0.378 e. The Morgan fingerprint density at radius 1 is 1.36 bits per heavy atom. The highest BCUT2D eigenvalue weighted by Crippen LogP contribution is 2.41. The number of morpholine rings is 1. The molecule has 2 fully saturated rings. The first-order chi connectivity index (χ1) is 10.2. The Morgan fingerprint density at radius 3 is 2.64 bits per heavy atom. The number of amides is 1. The van der Waals surface area contributed by atoms with Crippen LogP contribution in [0.2, 0.25) is 0 Å². The average molecular weight is 390 g/mol. The molecule has 6 heteroatoms. The van der Waals surface area contributed by atoms with Crippen LogP contribution in [0.25, 0.3) is 0 Å². The average Bonchev–Trinajstić information content (AvgIpc) is 2.45. The molecule has 1 saturated carbocycles. The molecule has 1 aromatic carbocycles. The number of carbonyl (C=O) groups excluding carboxylic acids is 1. The molecule has 22 heavy (non-hydrogen) atoms. The summed E-state index contributed by atoms with van der Waals surface area (Å²) >= 11 is 3.46. The van der Waals surface area contributed by atoms with E-state index >= 15 is 0 Å². The van der Waals surface area contributed by atoms with Crippen molar-refractivity contribution in [3.63, 3.8) is 0 Å². The molecule has 3 rings (SSSR count). The monoisotopic (exact) mass is 388 g/mol. The molecule has 1 heterocycles. The highest BCUT2D eigenvalue weighted by atomic mass is 79.9. The quantitative estimate of drug-likeness (QED) is 0.832. The number of hydrogen-bond donors (Lipinski definition) is 2. The Kier molecular flexibility index (Phi) is 6.26. The second kappa shape index (κ2) is 7.77. The molecule has 1 saturated heterocycles. The first kappa shape index (κ1) is 17.7. The Hall–Kier alpha value is -0.620. The summed E-state index contributed by atoms with van der Waals surface area (Å²) < 4.78 is 6.47. The van der Waals surface area contributed by atoms with Gasteiger partial charge in [0.2, 0.25) is 5.91 Å². The molecule has 122 valence electrons. The van der Waals surface area contributed by atoms with Crippen LogP contribution in [-0.4, -0.2) is 31.7 Å². The summed E-state index contributed by atoms with van der Waals surface area (Å²) in [5.74, 6) is 0.112. The first-order valence-corrected chi connectivity index (χ1v) is 8.35. The molecule has 0 spiro atoms. The molecule has 0 bridgehead atoms. The maximum atomic E-state index is 12.3. The van der Waals surface area contributed by atoms with Crippen molar-refractivity contribution in [3.8, 4) is 0 Å². The van der Waals surface area contributed by atoms with Gasteiger partial charge in [0.1, 0.15) is 0 Å². The van der Waals surface area contributed by atoms with E-state index in [1.54, 1.807) is 0 Å². The predicted molar refractivity (Wildman–Crippen MR) is 92.3 cm³/mol.